The number of phenols is 1. The number of rotatable bonds is 13. The molecule has 0 unspecified atom stereocenters. The van der Waals surface area contributed by atoms with Crippen LogP contribution in [-0.4, -0.2) is 29.4 Å². The largest absolute Gasteiger partial charge is 0.507 e. The average Bonchev–Trinajstić information content (AvgIpc) is 2.89. The maximum atomic E-state index is 12.9. The molecule has 3 rings (SSSR count). The molecular weight excluding hydrogens is 564 g/mol. The van der Waals surface area contributed by atoms with E-state index in [0.29, 0.717) is 30.3 Å². The van der Waals surface area contributed by atoms with E-state index in [2.05, 4.69) is 102 Å². The first-order chi connectivity index (χ1) is 20.9. The number of anilines is 1. The van der Waals surface area contributed by atoms with Crippen LogP contribution < -0.4 is 10.6 Å². The number of carbonyl (C=O) groups excluding carboxylic acids is 2. The fourth-order valence-electron chi connectivity index (χ4n) is 5.57. The van der Waals surface area contributed by atoms with E-state index in [-0.39, 0.29) is 16.4 Å². The van der Waals surface area contributed by atoms with Gasteiger partial charge >= 0.3 is 11.9 Å². The number of benzene rings is 2. The number of hydrogen-bond acceptors (Lipinski definition) is 7. The van der Waals surface area contributed by atoms with Crippen LogP contribution in [0.5, 0.6) is 5.75 Å². The third-order valence-corrected chi connectivity index (χ3v) is 7.97. The zero-order chi connectivity index (χ0) is 33.6. The minimum absolute atomic E-state index is 0.0379. The molecule has 1 saturated heterocycles. The number of cyclic esters (lactones) is 2. The number of hydrogen-bond donors (Lipinski definition) is 3. The molecule has 0 atom stereocenters. The summed E-state index contributed by atoms with van der Waals surface area (Å²) in [5.41, 5.74) is 5.45. The van der Waals surface area contributed by atoms with Crippen molar-refractivity contribution in [2.24, 2.45) is 5.92 Å². The van der Waals surface area contributed by atoms with Crippen LogP contribution >= 0.6 is 0 Å². The first kappa shape index (κ1) is 36.0. The Labute approximate surface area is 271 Å². The molecule has 2 aromatic rings. The molecule has 2 aromatic carbocycles. The SMILES string of the molecule is CC(C)Cc1ccc(CNC(CCCCCCNc2cc(C(C)(C)C)c(O)c(C(C)(C)C)c2)=C2C(=O)OC(C)(C)OC2=O)cc1. The van der Waals surface area contributed by atoms with Crippen molar-refractivity contribution in [1.82, 2.24) is 5.32 Å². The van der Waals surface area contributed by atoms with Gasteiger partial charge in [0.2, 0.25) is 0 Å². The summed E-state index contributed by atoms with van der Waals surface area (Å²) in [6, 6.07) is 12.6. The second-order valence-corrected chi connectivity index (χ2v) is 15.3. The van der Waals surface area contributed by atoms with Crippen LogP contribution in [-0.2, 0) is 42.9 Å². The molecule has 0 spiro atoms. The van der Waals surface area contributed by atoms with Gasteiger partial charge in [-0.05, 0) is 65.7 Å². The number of allylic oxidation sites excluding steroid dienone is 1. The highest BCUT2D eigenvalue weighted by atomic mass is 16.7. The minimum atomic E-state index is -1.28. The van der Waals surface area contributed by atoms with Gasteiger partial charge in [0.15, 0.2) is 5.57 Å². The summed E-state index contributed by atoms with van der Waals surface area (Å²) >= 11 is 0. The van der Waals surface area contributed by atoms with Gasteiger partial charge in [0.1, 0.15) is 5.75 Å². The number of nitrogens with one attached hydrogen (secondary N) is 2. The number of carbonyl (C=O) groups is 2. The zero-order valence-electron chi connectivity index (χ0n) is 29.3. The first-order valence-electron chi connectivity index (χ1n) is 16.5. The predicted molar refractivity (Wildman–Crippen MR) is 182 cm³/mol. The Hall–Kier alpha value is -3.48. The fourth-order valence-corrected chi connectivity index (χ4v) is 5.57. The smallest absolute Gasteiger partial charge is 0.350 e. The van der Waals surface area contributed by atoms with Crippen molar-refractivity contribution in [2.45, 2.75) is 131 Å². The topological polar surface area (TPSA) is 96.9 Å². The lowest BCUT2D eigenvalue weighted by Gasteiger charge is -2.31. The quantitative estimate of drug-likeness (QED) is 0.0680. The van der Waals surface area contributed by atoms with Crippen molar-refractivity contribution in [3.8, 4) is 5.75 Å². The molecule has 0 aromatic heterocycles. The van der Waals surface area contributed by atoms with Gasteiger partial charge in [-0.1, -0.05) is 92.5 Å². The molecule has 45 heavy (non-hydrogen) atoms. The number of aromatic hydroxyl groups is 1. The van der Waals surface area contributed by atoms with E-state index in [1.807, 2.05) is 0 Å². The van der Waals surface area contributed by atoms with Crippen LogP contribution in [0.15, 0.2) is 47.7 Å². The number of unbranched alkanes of at least 4 members (excludes halogenated alkanes) is 3. The Kier molecular flexibility index (Phi) is 11.8. The molecule has 1 fully saturated rings. The Balaban J connectivity index is 1.60. The summed E-state index contributed by atoms with van der Waals surface area (Å²) in [6.07, 6.45) is 5.28. The summed E-state index contributed by atoms with van der Waals surface area (Å²) in [7, 11) is 0. The molecule has 3 N–H and O–H groups in total. The molecule has 1 heterocycles. The van der Waals surface area contributed by atoms with Crippen LogP contribution in [0.4, 0.5) is 5.69 Å². The summed E-state index contributed by atoms with van der Waals surface area (Å²) in [5, 5.41) is 17.9. The summed E-state index contributed by atoms with van der Waals surface area (Å²) < 4.78 is 10.8. The summed E-state index contributed by atoms with van der Waals surface area (Å²) in [4.78, 5) is 25.8. The molecule has 7 nitrogen and oxygen atoms in total. The number of phenolic OH excluding ortho intramolecular Hbond substituents is 1. The average molecular weight is 621 g/mol. The van der Waals surface area contributed by atoms with Gasteiger partial charge in [-0.2, -0.15) is 0 Å². The third kappa shape index (κ3) is 10.5. The van der Waals surface area contributed by atoms with Gasteiger partial charge < -0.3 is 25.2 Å². The second-order valence-electron chi connectivity index (χ2n) is 15.3. The van der Waals surface area contributed by atoms with Gasteiger partial charge in [-0.3, -0.25) is 0 Å². The Morgan fingerprint density at radius 3 is 1.84 bits per heavy atom. The van der Waals surface area contributed by atoms with E-state index in [0.717, 1.165) is 61.0 Å². The van der Waals surface area contributed by atoms with Crippen LogP contribution in [0, 0.1) is 5.92 Å². The van der Waals surface area contributed by atoms with Gasteiger partial charge in [0, 0.05) is 49.4 Å². The van der Waals surface area contributed by atoms with Gasteiger partial charge in [0.05, 0.1) is 0 Å². The highest BCUT2D eigenvalue weighted by Crippen LogP contribution is 2.41. The number of ether oxygens (including phenoxy) is 2. The van der Waals surface area contributed by atoms with E-state index in [1.54, 1.807) is 13.8 Å². The van der Waals surface area contributed by atoms with Crippen molar-refractivity contribution in [1.29, 1.82) is 0 Å². The molecule has 7 heteroatoms. The Bertz CT molecular complexity index is 1300. The van der Waals surface area contributed by atoms with Crippen molar-refractivity contribution >= 4 is 17.6 Å². The van der Waals surface area contributed by atoms with Crippen molar-refractivity contribution < 1.29 is 24.2 Å². The van der Waals surface area contributed by atoms with E-state index in [1.165, 1.54) is 5.56 Å². The molecule has 0 bridgehead atoms. The van der Waals surface area contributed by atoms with Crippen molar-refractivity contribution in [3.05, 3.63) is 69.9 Å². The lowest BCUT2D eigenvalue weighted by molar-refractivity contribution is -0.222. The normalized spacial score (nSPS) is 15.1. The van der Waals surface area contributed by atoms with E-state index >= 15 is 0 Å². The zero-order valence-corrected chi connectivity index (χ0v) is 29.3. The highest BCUT2D eigenvalue weighted by molar-refractivity contribution is 6.16. The summed E-state index contributed by atoms with van der Waals surface area (Å²) in [6.45, 7) is 21.5. The molecular formula is C38H56N2O5. The lowest BCUT2D eigenvalue weighted by Crippen LogP contribution is -2.43. The third-order valence-electron chi connectivity index (χ3n) is 7.97. The maximum Gasteiger partial charge on any atom is 0.350 e. The highest BCUT2D eigenvalue weighted by Gasteiger charge is 2.40. The summed E-state index contributed by atoms with van der Waals surface area (Å²) in [5.74, 6) is -1.59. The molecule has 1 aliphatic heterocycles. The molecule has 0 aliphatic carbocycles. The van der Waals surface area contributed by atoms with Gasteiger partial charge in [-0.15, -0.1) is 0 Å². The second kappa shape index (κ2) is 14.7. The standard InChI is InChI=1S/C38H56N2O5/c1-25(2)21-26-16-18-27(19-17-26)24-40-31(32-34(42)44-38(9,10)45-35(32)43)15-13-11-12-14-20-39-28-22-29(36(3,4)5)33(41)30(23-28)37(6,7)8/h16-19,22-23,25,39-41H,11-15,20-21,24H2,1-10H3. The fraction of sp³-hybridized carbons (Fsp3) is 0.579. The van der Waals surface area contributed by atoms with E-state index in [9.17, 15) is 14.7 Å². The molecule has 248 valence electrons. The monoisotopic (exact) mass is 620 g/mol. The van der Waals surface area contributed by atoms with Gasteiger partial charge in [-0.25, -0.2) is 9.59 Å². The molecule has 0 saturated carbocycles. The number of esters is 2. The Morgan fingerprint density at radius 2 is 1.33 bits per heavy atom. The predicted octanol–water partition coefficient (Wildman–Crippen LogP) is 8.43. The lowest BCUT2D eigenvalue weighted by atomic mass is 9.79. The van der Waals surface area contributed by atoms with E-state index in [4.69, 9.17) is 9.47 Å². The van der Waals surface area contributed by atoms with Gasteiger partial charge in [0.25, 0.3) is 5.79 Å². The van der Waals surface area contributed by atoms with Crippen molar-refractivity contribution in [2.75, 3.05) is 11.9 Å². The van der Waals surface area contributed by atoms with Crippen LogP contribution in [0.2, 0.25) is 0 Å². The minimum Gasteiger partial charge on any atom is -0.507 e. The molecule has 0 radical (unpaired) electrons. The maximum absolute atomic E-state index is 12.9. The van der Waals surface area contributed by atoms with Crippen LogP contribution in [0.3, 0.4) is 0 Å². The molecule has 1 aliphatic rings. The molecule has 0 amide bonds. The van der Waals surface area contributed by atoms with Crippen LogP contribution in [0.1, 0.15) is 124 Å². The Morgan fingerprint density at radius 1 is 0.822 bits per heavy atom. The van der Waals surface area contributed by atoms with E-state index < -0.39 is 17.7 Å². The van der Waals surface area contributed by atoms with Crippen LogP contribution in [0.25, 0.3) is 0 Å². The first-order valence-corrected chi connectivity index (χ1v) is 16.5. The van der Waals surface area contributed by atoms with Crippen molar-refractivity contribution in [3.63, 3.8) is 0 Å².